The zero-order valence-electron chi connectivity index (χ0n) is 19.0. The lowest BCUT2D eigenvalue weighted by molar-refractivity contribution is 0.443. The Kier molecular flexibility index (Phi) is 6.81. The van der Waals surface area contributed by atoms with Gasteiger partial charge in [-0.05, 0) is 60.6 Å². The number of aryl methyl sites for hydroxylation is 1. The third-order valence-electron chi connectivity index (χ3n) is 5.96. The molecule has 3 heteroatoms. The third kappa shape index (κ3) is 5.04. The first kappa shape index (κ1) is 21.3. The molecule has 5 rings (SSSR count). The Morgan fingerprint density at radius 1 is 0.871 bits per heavy atom. The Morgan fingerprint density at radius 3 is 2.26 bits per heavy atom. The molecule has 4 aromatic rings. The largest absolute Gasteiger partial charge is 0.337 e. The van der Waals surface area contributed by atoms with Crippen LogP contribution in [-0.2, 0) is 0 Å². The highest BCUT2D eigenvalue weighted by Gasteiger charge is 2.15. The van der Waals surface area contributed by atoms with Crippen molar-refractivity contribution in [1.82, 2.24) is 15.0 Å². The Bertz CT molecular complexity index is 1100. The van der Waals surface area contributed by atoms with Gasteiger partial charge in [0.1, 0.15) is 5.69 Å². The van der Waals surface area contributed by atoms with Gasteiger partial charge in [-0.15, -0.1) is 0 Å². The Morgan fingerprint density at radius 2 is 1.58 bits per heavy atom. The van der Waals surface area contributed by atoms with Crippen LogP contribution in [0.4, 0.5) is 0 Å². The van der Waals surface area contributed by atoms with Crippen LogP contribution in [-0.4, -0.2) is 15.0 Å². The number of benzene rings is 2. The molecule has 0 aliphatic heterocycles. The first-order chi connectivity index (χ1) is 15.2. The van der Waals surface area contributed by atoms with Crippen molar-refractivity contribution < 1.29 is 0 Å². The molecule has 0 amide bonds. The van der Waals surface area contributed by atoms with Crippen LogP contribution in [0.5, 0.6) is 0 Å². The number of fused-ring (bicyclic) bond motifs is 1. The van der Waals surface area contributed by atoms with Crippen LogP contribution in [0, 0.1) is 6.92 Å². The molecule has 31 heavy (non-hydrogen) atoms. The number of hydrogen-bond acceptors (Lipinski definition) is 2. The van der Waals surface area contributed by atoms with Crippen LogP contribution in [0.15, 0.2) is 60.8 Å². The molecule has 3 nitrogen and oxygen atoms in total. The lowest BCUT2D eigenvalue weighted by Gasteiger charge is -2.22. The molecule has 2 aromatic heterocycles. The number of imidazole rings is 1. The van der Waals surface area contributed by atoms with Crippen LogP contribution in [0.1, 0.15) is 69.4 Å². The summed E-state index contributed by atoms with van der Waals surface area (Å²) in [5.74, 6) is 1.57. The molecule has 1 saturated carbocycles. The van der Waals surface area contributed by atoms with Gasteiger partial charge in [0.15, 0.2) is 5.82 Å². The van der Waals surface area contributed by atoms with E-state index in [1.807, 2.05) is 12.3 Å². The number of hydrogen-bond donors (Lipinski definition) is 1. The first-order valence-electron chi connectivity index (χ1n) is 11.7. The first-order valence-corrected chi connectivity index (χ1v) is 11.7. The van der Waals surface area contributed by atoms with Crippen molar-refractivity contribution >= 4 is 11.0 Å². The van der Waals surface area contributed by atoms with E-state index in [1.54, 1.807) is 0 Å². The van der Waals surface area contributed by atoms with E-state index < -0.39 is 0 Å². The van der Waals surface area contributed by atoms with Gasteiger partial charge in [0, 0.05) is 11.8 Å². The monoisotopic (exact) mass is 411 g/mol. The van der Waals surface area contributed by atoms with E-state index >= 15 is 0 Å². The molecule has 0 radical (unpaired) electrons. The van der Waals surface area contributed by atoms with Gasteiger partial charge in [-0.1, -0.05) is 75.9 Å². The minimum atomic E-state index is 0.750. The van der Waals surface area contributed by atoms with Gasteiger partial charge in [0.05, 0.1) is 11.0 Å². The lowest BCUT2D eigenvalue weighted by Crippen LogP contribution is -2.04. The Hall–Kier alpha value is -2.94. The van der Waals surface area contributed by atoms with Gasteiger partial charge in [0.2, 0.25) is 0 Å². The molecule has 1 aliphatic carbocycles. The summed E-state index contributed by atoms with van der Waals surface area (Å²) in [7, 11) is 0. The molecule has 2 heterocycles. The minimum Gasteiger partial charge on any atom is -0.337 e. The van der Waals surface area contributed by atoms with Crippen LogP contribution in [0.3, 0.4) is 0 Å². The summed E-state index contributed by atoms with van der Waals surface area (Å²) in [6.45, 7) is 6.34. The van der Waals surface area contributed by atoms with Crippen molar-refractivity contribution in [3.8, 4) is 22.6 Å². The molecule has 2 aromatic carbocycles. The minimum absolute atomic E-state index is 0.750. The average molecular weight is 412 g/mol. The van der Waals surface area contributed by atoms with Gasteiger partial charge >= 0.3 is 0 Å². The van der Waals surface area contributed by atoms with E-state index in [2.05, 4.69) is 84.3 Å². The van der Waals surface area contributed by atoms with Crippen molar-refractivity contribution in [3.05, 3.63) is 71.9 Å². The van der Waals surface area contributed by atoms with Crippen molar-refractivity contribution in [2.75, 3.05) is 0 Å². The van der Waals surface area contributed by atoms with Crippen molar-refractivity contribution in [2.45, 2.75) is 65.2 Å². The SMILES string of the molecule is CCC.Cc1ccc2nc(-c3ccc(-c4ccc(C5CCCCC5)cc4)cn3)[nH]c2c1. The average Bonchev–Trinajstić information content (AvgIpc) is 3.24. The van der Waals surface area contributed by atoms with Crippen molar-refractivity contribution in [3.63, 3.8) is 0 Å². The fourth-order valence-electron chi connectivity index (χ4n) is 4.33. The summed E-state index contributed by atoms with van der Waals surface area (Å²) >= 11 is 0. The number of rotatable bonds is 3. The summed E-state index contributed by atoms with van der Waals surface area (Å²) in [5.41, 5.74) is 7.98. The zero-order chi connectivity index (χ0) is 21.6. The van der Waals surface area contributed by atoms with Gasteiger partial charge in [-0.25, -0.2) is 4.98 Å². The predicted octanol–water partition coefficient (Wildman–Crippen LogP) is 8.06. The molecule has 1 aliphatic rings. The summed E-state index contributed by atoms with van der Waals surface area (Å²) in [6.07, 6.45) is 10.0. The molecule has 1 fully saturated rings. The summed E-state index contributed by atoms with van der Waals surface area (Å²) in [5, 5.41) is 0. The number of pyridine rings is 1. The second-order valence-corrected chi connectivity index (χ2v) is 8.70. The summed E-state index contributed by atoms with van der Waals surface area (Å²) < 4.78 is 0. The second-order valence-electron chi connectivity index (χ2n) is 8.70. The summed E-state index contributed by atoms with van der Waals surface area (Å²) in [6, 6.07) is 19.5. The molecule has 160 valence electrons. The standard InChI is InChI=1S/C25H25N3.C3H8/c1-17-7-13-22-24(15-17)28-25(27-22)23-14-12-21(16-26-23)20-10-8-19(9-11-20)18-5-3-2-4-6-18;1-3-2/h7-16,18H,2-6H2,1H3,(H,27,28);3H2,1-2H3. The topological polar surface area (TPSA) is 41.6 Å². The Labute approximate surface area is 186 Å². The zero-order valence-corrected chi connectivity index (χ0v) is 19.0. The fourth-order valence-corrected chi connectivity index (χ4v) is 4.33. The highest BCUT2D eigenvalue weighted by molar-refractivity contribution is 5.79. The maximum Gasteiger partial charge on any atom is 0.157 e. The van der Waals surface area contributed by atoms with Crippen LogP contribution in [0.25, 0.3) is 33.7 Å². The predicted molar refractivity (Wildman–Crippen MR) is 131 cm³/mol. The molecular weight excluding hydrogens is 378 g/mol. The molecule has 0 saturated heterocycles. The molecule has 1 N–H and O–H groups in total. The smallest absolute Gasteiger partial charge is 0.157 e. The van der Waals surface area contributed by atoms with E-state index in [1.165, 1.54) is 55.2 Å². The quantitative estimate of drug-likeness (QED) is 0.370. The lowest BCUT2D eigenvalue weighted by atomic mass is 9.84. The summed E-state index contributed by atoms with van der Waals surface area (Å²) in [4.78, 5) is 12.7. The van der Waals surface area contributed by atoms with E-state index in [9.17, 15) is 0 Å². The molecule has 0 bridgehead atoms. The fraction of sp³-hybridized carbons (Fsp3) is 0.357. The van der Waals surface area contributed by atoms with Crippen LogP contribution in [0.2, 0.25) is 0 Å². The second kappa shape index (κ2) is 9.91. The number of aromatic nitrogens is 3. The van der Waals surface area contributed by atoms with Gasteiger partial charge < -0.3 is 4.98 Å². The third-order valence-corrected chi connectivity index (χ3v) is 5.96. The van der Waals surface area contributed by atoms with Crippen LogP contribution >= 0.6 is 0 Å². The maximum atomic E-state index is 4.67. The normalized spacial score (nSPS) is 14.3. The van der Waals surface area contributed by atoms with E-state index in [0.717, 1.165) is 34.0 Å². The molecule has 0 atom stereocenters. The highest BCUT2D eigenvalue weighted by atomic mass is 14.9. The van der Waals surface area contributed by atoms with Crippen LogP contribution < -0.4 is 0 Å². The highest BCUT2D eigenvalue weighted by Crippen LogP contribution is 2.33. The van der Waals surface area contributed by atoms with E-state index in [4.69, 9.17) is 0 Å². The number of nitrogens with one attached hydrogen (secondary N) is 1. The molecule has 0 unspecified atom stereocenters. The van der Waals surface area contributed by atoms with Crippen molar-refractivity contribution in [2.24, 2.45) is 0 Å². The van der Waals surface area contributed by atoms with Crippen molar-refractivity contribution in [1.29, 1.82) is 0 Å². The molecular formula is C28H33N3. The molecule has 0 spiro atoms. The van der Waals surface area contributed by atoms with Gasteiger partial charge in [-0.3, -0.25) is 4.98 Å². The van der Waals surface area contributed by atoms with Gasteiger partial charge in [-0.2, -0.15) is 0 Å². The Balaban J connectivity index is 0.000000730. The van der Waals surface area contributed by atoms with E-state index in [0.29, 0.717) is 0 Å². The van der Waals surface area contributed by atoms with E-state index in [-0.39, 0.29) is 0 Å². The van der Waals surface area contributed by atoms with Gasteiger partial charge in [0.25, 0.3) is 0 Å². The number of aromatic amines is 1. The number of nitrogens with zero attached hydrogens (tertiary/aromatic N) is 2. The maximum absolute atomic E-state index is 4.67. The number of H-pyrrole nitrogens is 1.